The fraction of sp³-hybridized carbons (Fsp3) is 0.0500. The second kappa shape index (κ2) is 8.66. The second-order valence-corrected chi connectivity index (χ2v) is 11.3. The van der Waals surface area contributed by atoms with Gasteiger partial charge >= 0.3 is 0 Å². The Labute approximate surface area is 229 Å². The van der Waals surface area contributed by atoms with E-state index in [1.165, 1.54) is 0 Å². The van der Waals surface area contributed by atoms with Crippen molar-refractivity contribution in [3.8, 4) is 28.2 Å². The van der Waals surface area contributed by atoms with Gasteiger partial charge in [0.2, 0.25) is 5.43 Å². The molecule has 0 radical (unpaired) electrons. The number of aromatic hydroxyl groups is 1. The van der Waals surface area contributed by atoms with Crippen LogP contribution in [-0.2, 0) is 0 Å². The number of hydrogen-bond donors (Lipinski definition) is 1. The van der Waals surface area contributed by atoms with Crippen molar-refractivity contribution in [2.45, 2.75) is 6.92 Å². The number of phenolic OH excluding ortho intramolecular Hbond substituents is 1. The van der Waals surface area contributed by atoms with Crippen LogP contribution in [0.5, 0.6) is 5.75 Å². The van der Waals surface area contributed by atoms with Crippen LogP contribution in [0, 0.1) is 6.92 Å². The molecule has 0 saturated heterocycles. The first-order chi connectivity index (χ1) is 14.5. The maximum absolute atomic E-state index is 12.6. The molecule has 1 heterocycles. The molecule has 0 unspecified atom stereocenters. The molecule has 1 N–H and O–H groups in total. The molecule has 0 bridgehead atoms. The van der Waals surface area contributed by atoms with Gasteiger partial charge in [0.05, 0.1) is 29.0 Å². The van der Waals surface area contributed by atoms with Crippen molar-refractivity contribution in [2.24, 2.45) is 0 Å². The average molecular weight is 756 g/mol. The molecule has 1 aliphatic carbocycles. The van der Waals surface area contributed by atoms with E-state index in [1.54, 1.807) is 19.1 Å². The monoisotopic (exact) mass is 750 g/mol. The molecule has 0 spiro atoms. The maximum atomic E-state index is 12.6. The molecular weight excluding hydrogens is 750 g/mol. The summed E-state index contributed by atoms with van der Waals surface area (Å²) in [6.45, 7) is 1.77. The lowest BCUT2D eigenvalue weighted by atomic mass is 9.91. The van der Waals surface area contributed by atoms with E-state index in [0.29, 0.717) is 46.6 Å². The Morgan fingerprint density at radius 2 is 1.45 bits per heavy atom. The third-order valence-electron chi connectivity index (χ3n) is 4.78. The summed E-state index contributed by atoms with van der Waals surface area (Å²) in [5.41, 5.74) is 2.27. The topological polar surface area (TPSA) is 50.4 Å². The van der Waals surface area contributed by atoms with E-state index in [9.17, 15) is 9.90 Å². The van der Waals surface area contributed by atoms with Gasteiger partial charge < -0.3 is 9.52 Å². The summed E-state index contributed by atoms with van der Waals surface area (Å²) in [6.07, 6.45) is 0. The number of hydrogen-bond acceptors (Lipinski definition) is 3. The predicted molar refractivity (Wildman–Crippen MR) is 142 cm³/mol. The molecule has 0 saturated carbocycles. The molecule has 0 atom stereocenters. The van der Waals surface area contributed by atoms with Gasteiger partial charge in [-0.05, 0) is 88.3 Å². The van der Waals surface area contributed by atoms with Crippen LogP contribution in [-0.4, -0.2) is 5.11 Å². The lowest BCUT2D eigenvalue weighted by Crippen LogP contribution is -2.07. The molecule has 0 amide bonds. The Bertz CT molecular complexity index is 1440. The van der Waals surface area contributed by atoms with E-state index in [-0.39, 0.29) is 41.5 Å². The van der Waals surface area contributed by atoms with E-state index in [1.807, 2.05) is 0 Å². The van der Waals surface area contributed by atoms with Crippen LogP contribution in [0.15, 0.2) is 39.2 Å². The van der Waals surface area contributed by atoms with Crippen molar-refractivity contribution in [2.75, 3.05) is 0 Å². The minimum absolute atomic E-state index is 0.0629. The van der Waals surface area contributed by atoms with Gasteiger partial charge in [-0.3, -0.25) is 4.79 Å². The fourth-order valence-corrected chi connectivity index (χ4v) is 6.75. The maximum Gasteiger partial charge on any atom is 0.210 e. The second-order valence-electron chi connectivity index (χ2n) is 6.51. The first-order valence-electron chi connectivity index (χ1n) is 8.25. The van der Waals surface area contributed by atoms with Gasteiger partial charge in [-0.15, -0.1) is 0 Å². The Balaban J connectivity index is 2.39. The zero-order valence-electron chi connectivity index (χ0n) is 14.9. The molecule has 2 aromatic rings. The Hall–Kier alpha value is 0.01000. The normalized spacial score (nSPS) is 11.6. The number of rotatable bonds is 1. The quantitative estimate of drug-likeness (QED) is 0.120. The summed E-state index contributed by atoms with van der Waals surface area (Å²) in [7, 11) is 0. The third kappa shape index (κ3) is 3.68. The Morgan fingerprint density at radius 1 is 0.839 bits per heavy atom. The van der Waals surface area contributed by atoms with Gasteiger partial charge in [-0.25, -0.2) is 0 Å². The smallest absolute Gasteiger partial charge is 0.210 e. The van der Waals surface area contributed by atoms with Crippen LogP contribution < -0.4 is 5.43 Å². The molecule has 2 aromatic carbocycles. The van der Waals surface area contributed by atoms with E-state index in [2.05, 4.69) is 63.7 Å². The van der Waals surface area contributed by atoms with E-state index < -0.39 is 0 Å². The van der Waals surface area contributed by atoms with Gasteiger partial charge in [0, 0.05) is 22.1 Å². The van der Waals surface area contributed by atoms with Crippen LogP contribution in [0.25, 0.3) is 33.4 Å². The largest absolute Gasteiger partial charge is 0.505 e. The standard InChI is InChI=1S/C20H6Br4Cl4O3/c1-4-9(14(26)16(28)15(27)13(4)25)10-5-2-7(21)17(29)11(23)19(5)31-20-6(10)3-8(22)18(30)12(20)24/h2-3,29H,1H3. The lowest BCUT2D eigenvalue weighted by Gasteiger charge is -2.21. The van der Waals surface area contributed by atoms with Gasteiger partial charge in [0.25, 0.3) is 0 Å². The summed E-state index contributed by atoms with van der Waals surface area (Å²) >= 11 is 39.1. The summed E-state index contributed by atoms with van der Waals surface area (Å²) in [4.78, 5) is 12.6. The third-order valence-corrected chi connectivity index (χ3v) is 9.32. The zero-order chi connectivity index (χ0) is 22.9. The predicted octanol–water partition coefficient (Wildman–Crippen LogP) is 10.2. The van der Waals surface area contributed by atoms with Crippen LogP contribution in [0.2, 0.25) is 20.1 Å². The van der Waals surface area contributed by atoms with Crippen molar-refractivity contribution >= 4 is 121 Å². The Morgan fingerprint density at radius 3 is 2.10 bits per heavy atom. The van der Waals surface area contributed by atoms with Crippen LogP contribution in [0.1, 0.15) is 5.56 Å². The SMILES string of the molecule is Cc1c(Cl)c(Cl)c(Cl)c(Cl)c1-c1c2cc(Br)c(=O)c(Br)c-2oc2c(Br)c(O)c(Br)cc12. The first-order valence-corrected chi connectivity index (χ1v) is 12.9. The van der Waals surface area contributed by atoms with E-state index >= 15 is 0 Å². The molecule has 3 nitrogen and oxygen atoms in total. The number of phenols is 1. The van der Waals surface area contributed by atoms with Crippen molar-refractivity contribution in [1.82, 2.24) is 0 Å². The molecule has 160 valence electrons. The van der Waals surface area contributed by atoms with Crippen LogP contribution >= 0.6 is 110 Å². The molecule has 2 aliphatic rings. The molecular formula is C20H6Br4Cl4O3. The number of halogens is 8. The van der Waals surface area contributed by atoms with Crippen molar-refractivity contribution in [3.05, 3.63) is 65.9 Å². The van der Waals surface area contributed by atoms with E-state index in [4.69, 9.17) is 50.8 Å². The summed E-state index contributed by atoms with van der Waals surface area (Å²) in [5, 5.41) is 11.7. The van der Waals surface area contributed by atoms with Gasteiger partial charge in [-0.2, -0.15) is 0 Å². The molecule has 11 heteroatoms. The van der Waals surface area contributed by atoms with Crippen molar-refractivity contribution in [3.63, 3.8) is 0 Å². The molecule has 31 heavy (non-hydrogen) atoms. The highest BCUT2D eigenvalue weighted by molar-refractivity contribution is 9.11. The summed E-state index contributed by atoms with van der Waals surface area (Å²) in [6, 6.07) is 3.33. The van der Waals surface area contributed by atoms with Gasteiger partial charge in [0.1, 0.15) is 14.7 Å². The van der Waals surface area contributed by atoms with Gasteiger partial charge in [0.15, 0.2) is 11.3 Å². The highest BCUT2D eigenvalue weighted by atomic mass is 79.9. The van der Waals surface area contributed by atoms with Crippen molar-refractivity contribution in [1.29, 1.82) is 0 Å². The summed E-state index contributed by atoms with van der Waals surface area (Å²) < 4.78 is 7.31. The molecule has 4 rings (SSSR count). The number of fused-ring (bicyclic) bond motifs is 2. The average Bonchev–Trinajstić information content (AvgIpc) is 2.74. The highest BCUT2D eigenvalue weighted by Gasteiger charge is 2.29. The minimum atomic E-state index is -0.297. The van der Waals surface area contributed by atoms with Gasteiger partial charge in [-0.1, -0.05) is 46.4 Å². The molecule has 0 aromatic heterocycles. The Kier molecular flexibility index (Phi) is 6.74. The van der Waals surface area contributed by atoms with Crippen LogP contribution in [0.4, 0.5) is 0 Å². The highest BCUT2D eigenvalue weighted by Crippen LogP contribution is 2.53. The fourth-order valence-electron chi connectivity index (χ4n) is 3.30. The lowest BCUT2D eigenvalue weighted by molar-refractivity contribution is 0.467. The molecule has 1 aliphatic heterocycles. The van der Waals surface area contributed by atoms with Crippen molar-refractivity contribution < 1.29 is 9.52 Å². The zero-order valence-corrected chi connectivity index (χ0v) is 24.3. The minimum Gasteiger partial charge on any atom is -0.505 e. The van der Waals surface area contributed by atoms with E-state index in [0.717, 1.165) is 0 Å². The first kappa shape index (κ1) is 24.1. The summed E-state index contributed by atoms with van der Waals surface area (Å²) in [5.74, 6) is 0.197. The van der Waals surface area contributed by atoms with Crippen LogP contribution in [0.3, 0.4) is 0 Å². The molecule has 0 fully saturated rings. The number of benzene rings is 3.